The predicted octanol–water partition coefficient (Wildman–Crippen LogP) is 6.27. The molecule has 2 rings (SSSR count). The lowest BCUT2D eigenvalue weighted by Gasteiger charge is -2.44. The zero-order chi connectivity index (χ0) is 22.1. The molecule has 0 N–H and O–H groups in total. The van der Waals surface area contributed by atoms with Gasteiger partial charge in [0.05, 0.1) is 12.2 Å². The maximum absolute atomic E-state index is 13.6. The highest BCUT2D eigenvalue weighted by Gasteiger charge is 2.46. The quantitative estimate of drug-likeness (QED) is 0.357. The first-order valence-electron chi connectivity index (χ1n) is 12.4. The van der Waals surface area contributed by atoms with E-state index in [0.29, 0.717) is 25.3 Å². The van der Waals surface area contributed by atoms with E-state index in [1.807, 2.05) is 18.7 Å². The van der Waals surface area contributed by atoms with E-state index in [9.17, 15) is 13.2 Å². The largest absolute Gasteiger partial charge is 0.405 e. The third-order valence-corrected chi connectivity index (χ3v) is 7.34. The van der Waals surface area contributed by atoms with Crippen molar-refractivity contribution in [2.75, 3.05) is 26.2 Å². The van der Waals surface area contributed by atoms with Crippen LogP contribution in [0.4, 0.5) is 13.2 Å². The highest BCUT2D eigenvalue weighted by molar-refractivity contribution is 4.89. The number of hydrogen-bond donors (Lipinski definition) is 0. The van der Waals surface area contributed by atoms with Gasteiger partial charge in [0.25, 0.3) is 0 Å². The molecule has 3 unspecified atom stereocenters. The molecule has 0 bridgehead atoms. The monoisotopic (exact) mass is 434 g/mol. The summed E-state index contributed by atoms with van der Waals surface area (Å²) in [6, 6.07) is -1.08. The van der Waals surface area contributed by atoms with E-state index in [1.54, 1.807) is 4.90 Å². The number of unbranched alkanes of at least 4 members (excludes halogenated alkanes) is 1. The average Bonchev–Trinajstić information content (AvgIpc) is 2.71. The molecule has 1 saturated heterocycles. The van der Waals surface area contributed by atoms with E-state index in [0.717, 1.165) is 57.4 Å². The predicted molar refractivity (Wildman–Crippen MR) is 118 cm³/mol. The van der Waals surface area contributed by atoms with E-state index in [4.69, 9.17) is 4.74 Å². The van der Waals surface area contributed by atoms with Crippen molar-refractivity contribution in [2.24, 2.45) is 5.92 Å². The van der Waals surface area contributed by atoms with Gasteiger partial charge < -0.3 is 4.74 Å². The average molecular weight is 435 g/mol. The second-order valence-corrected chi connectivity index (χ2v) is 9.72. The summed E-state index contributed by atoms with van der Waals surface area (Å²) in [7, 11) is 0. The molecule has 1 aliphatic heterocycles. The molecule has 3 atom stereocenters. The van der Waals surface area contributed by atoms with Crippen LogP contribution in [-0.2, 0) is 4.74 Å². The second kappa shape index (κ2) is 12.6. The molecule has 0 aromatic rings. The fourth-order valence-electron chi connectivity index (χ4n) is 5.19. The van der Waals surface area contributed by atoms with Gasteiger partial charge in [0.15, 0.2) is 0 Å². The number of alkyl halides is 3. The van der Waals surface area contributed by atoms with Crippen molar-refractivity contribution in [3.8, 4) is 0 Å². The number of piperazine rings is 1. The van der Waals surface area contributed by atoms with E-state index < -0.39 is 12.2 Å². The van der Waals surface area contributed by atoms with E-state index in [1.165, 1.54) is 19.3 Å². The Hall–Kier alpha value is -0.330. The first kappa shape index (κ1) is 25.9. The fraction of sp³-hybridized carbons (Fsp3) is 1.00. The minimum absolute atomic E-state index is 0.124. The van der Waals surface area contributed by atoms with Crippen LogP contribution in [0.25, 0.3) is 0 Å². The Morgan fingerprint density at radius 1 is 1.00 bits per heavy atom. The lowest BCUT2D eigenvalue weighted by Crippen LogP contribution is -2.60. The molecule has 2 fully saturated rings. The molecule has 0 spiro atoms. The van der Waals surface area contributed by atoms with Crippen molar-refractivity contribution in [3.63, 3.8) is 0 Å². The summed E-state index contributed by atoms with van der Waals surface area (Å²) in [4.78, 5) is 3.70. The van der Waals surface area contributed by atoms with Crippen molar-refractivity contribution >= 4 is 0 Å². The molecule has 6 heteroatoms. The van der Waals surface area contributed by atoms with Crippen LogP contribution in [-0.4, -0.2) is 66.4 Å². The molecule has 0 radical (unpaired) electrons. The number of nitrogens with zero attached hydrogens (tertiary/aromatic N) is 2. The summed E-state index contributed by atoms with van der Waals surface area (Å²) in [5.41, 5.74) is 0. The molecule has 0 aromatic heterocycles. The number of hydrogen-bond acceptors (Lipinski definition) is 3. The van der Waals surface area contributed by atoms with Crippen LogP contribution in [0, 0.1) is 5.92 Å². The van der Waals surface area contributed by atoms with E-state index in [-0.39, 0.29) is 12.6 Å². The van der Waals surface area contributed by atoms with Gasteiger partial charge in [0, 0.05) is 25.7 Å². The van der Waals surface area contributed by atoms with Crippen LogP contribution in [0.15, 0.2) is 0 Å². The lowest BCUT2D eigenvalue weighted by atomic mass is 9.84. The molecule has 2 aliphatic rings. The Kier molecular flexibility index (Phi) is 10.9. The molecule has 3 nitrogen and oxygen atoms in total. The van der Waals surface area contributed by atoms with Gasteiger partial charge in [-0.2, -0.15) is 13.2 Å². The second-order valence-electron chi connectivity index (χ2n) is 9.72. The zero-order valence-corrected chi connectivity index (χ0v) is 19.7. The maximum Gasteiger partial charge on any atom is 0.405 e. The van der Waals surface area contributed by atoms with Gasteiger partial charge in [-0.25, -0.2) is 0 Å². The summed E-state index contributed by atoms with van der Waals surface area (Å²) >= 11 is 0. The number of rotatable bonds is 11. The zero-order valence-electron chi connectivity index (χ0n) is 19.7. The van der Waals surface area contributed by atoms with Crippen molar-refractivity contribution in [1.82, 2.24) is 9.80 Å². The molecular formula is C24H45F3N2O. The smallest absolute Gasteiger partial charge is 0.375 e. The molecular weight excluding hydrogens is 389 g/mol. The standard InChI is InChI=1S/C24H45F3N2O/c1-5-9-20(4)30-22-13-11-21(12-14-22)10-7-8-15-28-16-17-29(19(3)6-2)18-23(28)24(25,26)27/h19-23H,5-18H2,1-4H3. The van der Waals surface area contributed by atoms with Gasteiger partial charge in [0.2, 0.25) is 0 Å². The third kappa shape index (κ3) is 8.31. The first-order chi connectivity index (χ1) is 14.2. The molecule has 1 saturated carbocycles. The van der Waals surface area contributed by atoms with Gasteiger partial charge >= 0.3 is 6.18 Å². The maximum atomic E-state index is 13.6. The SMILES string of the molecule is CCCC(C)OC1CCC(CCCCN2CCN(C(C)CC)CC2C(F)(F)F)CC1. The summed E-state index contributed by atoms with van der Waals surface area (Å²) < 4.78 is 47.0. The Morgan fingerprint density at radius 2 is 1.70 bits per heavy atom. The van der Waals surface area contributed by atoms with Crippen molar-refractivity contribution in [2.45, 2.75) is 122 Å². The summed E-state index contributed by atoms with van der Waals surface area (Å²) in [5, 5.41) is 0. The van der Waals surface area contributed by atoms with Gasteiger partial charge in [-0.15, -0.1) is 0 Å². The van der Waals surface area contributed by atoms with Crippen LogP contribution >= 0.6 is 0 Å². The highest BCUT2D eigenvalue weighted by atomic mass is 19.4. The van der Waals surface area contributed by atoms with E-state index in [2.05, 4.69) is 13.8 Å². The van der Waals surface area contributed by atoms with Gasteiger partial charge in [-0.05, 0) is 71.3 Å². The normalized spacial score (nSPS) is 29.1. The van der Waals surface area contributed by atoms with Gasteiger partial charge in [0.1, 0.15) is 6.04 Å². The molecule has 0 amide bonds. The minimum atomic E-state index is -4.14. The number of halogens is 3. The van der Waals surface area contributed by atoms with E-state index >= 15 is 0 Å². The first-order valence-corrected chi connectivity index (χ1v) is 12.4. The van der Waals surface area contributed by atoms with Crippen LogP contribution in [0.1, 0.15) is 91.9 Å². The minimum Gasteiger partial charge on any atom is -0.375 e. The third-order valence-electron chi connectivity index (χ3n) is 7.34. The summed E-state index contributed by atoms with van der Waals surface area (Å²) in [5.74, 6) is 0.729. The van der Waals surface area contributed by atoms with Gasteiger partial charge in [-0.1, -0.05) is 33.1 Å². The Bertz CT molecular complexity index is 466. The molecule has 30 heavy (non-hydrogen) atoms. The fourth-order valence-corrected chi connectivity index (χ4v) is 5.19. The van der Waals surface area contributed by atoms with Crippen molar-refractivity contribution < 1.29 is 17.9 Å². The molecule has 1 aliphatic carbocycles. The van der Waals surface area contributed by atoms with Crippen molar-refractivity contribution in [1.29, 1.82) is 0 Å². The topological polar surface area (TPSA) is 15.7 Å². The number of ether oxygens (including phenoxy) is 1. The Labute approximate surface area is 182 Å². The lowest BCUT2D eigenvalue weighted by molar-refractivity contribution is -0.199. The van der Waals surface area contributed by atoms with Crippen LogP contribution in [0.3, 0.4) is 0 Å². The molecule has 178 valence electrons. The summed E-state index contributed by atoms with van der Waals surface area (Å²) in [6.07, 6.45) is 7.61. The van der Waals surface area contributed by atoms with Crippen LogP contribution in [0.5, 0.6) is 0 Å². The highest BCUT2D eigenvalue weighted by Crippen LogP contribution is 2.32. The van der Waals surface area contributed by atoms with Crippen molar-refractivity contribution in [3.05, 3.63) is 0 Å². The van der Waals surface area contributed by atoms with Gasteiger partial charge in [-0.3, -0.25) is 9.80 Å². The van der Waals surface area contributed by atoms with Crippen LogP contribution < -0.4 is 0 Å². The molecule has 0 aromatic carbocycles. The molecule has 1 heterocycles. The Balaban J connectivity index is 1.67. The Morgan fingerprint density at radius 3 is 2.30 bits per heavy atom. The van der Waals surface area contributed by atoms with Crippen LogP contribution in [0.2, 0.25) is 0 Å². The summed E-state index contributed by atoms with van der Waals surface area (Å²) in [6.45, 7) is 10.4.